The highest BCUT2D eigenvalue weighted by atomic mass is 16.2. The van der Waals surface area contributed by atoms with Crippen LogP contribution in [-0.2, 0) is 4.79 Å². The van der Waals surface area contributed by atoms with Crippen LogP contribution in [0.15, 0.2) is 12.2 Å². The van der Waals surface area contributed by atoms with Gasteiger partial charge in [0.1, 0.15) is 0 Å². The van der Waals surface area contributed by atoms with Gasteiger partial charge in [-0.15, -0.1) is 0 Å². The number of nitrogens with zero attached hydrogens (tertiary/aromatic N) is 2. The van der Waals surface area contributed by atoms with Crippen LogP contribution in [0.5, 0.6) is 0 Å². The van der Waals surface area contributed by atoms with E-state index >= 15 is 0 Å². The van der Waals surface area contributed by atoms with Crippen molar-refractivity contribution in [2.75, 3.05) is 13.1 Å². The van der Waals surface area contributed by atoms with Gasteiger partial charge in [0.25, 0.3) is 0 Å². The number of nitrogens with two attached hydrogens (primary N) is 1. The van der Waals surface area contributed by atoms with Crippen LogP contribution in [0.4, 0.5) is 0 Å². The van der Waals surface area contributed by atoms with Gasteiger partial charge in [0.15, 0.2) is 0 Å². The zero-order valence-corrected chi connectivity index (χ0v) is 9.89. The van der Waals surface area contributed by atoms with E-state index in [1.165, 1.54) is 0 Å². The summed E-state index contributed by atoms with van der Waals surface area (Å²) in [6.45, 7) is 4.91. The molecule has 0 bridgehead atoms. The molecule has 0 saturated heterocycles. The molecule has 1 aliphatic rings. The van der Waals surface area contributed by atoms with Crippen molar-refractivity contribution >= 4 is 5.91 Å². The molecule has 1 aliphatic carbocycles. The molecule has 16 heavy (non-hydrogen) atoms. The van der Waals surface area contributed by atoms with Gasteiger partial charge in [0, 0.05) is 19.1 Å². The Kier molecular flexibility index (Phi) is 4.51. The maximum atomic E-state index is 12.1. The van der Waals surface area contributed by atoms with Crippen LogP contribution in [0.3, 0.4) is 0 Å². The second-order valence-electron chi connectivity index (χ2n) is 4.30. The minimum atomic E-state index is -0.122. The number of rotatable bonds is 4. The molecule has 0 aromatic rings. The van der Waals surface area contributed by atoms with Gasteiger partial charge < -0.3 is 10.6 Å². The predicted molar refractivity (Wildman–Crippen MR) is 62.3 cm³/mol. The minimum absolute atomic E-state index is 0.000969. The highest BCUT2D eigenvalue weighted by Crippen LogP contribution is 2.19. The quantitative estimate of drug-likeness (QED) is 0.717. The summed E-state index contributed by atoms with van der Waals surface area (Å²) in [5, 5.41) is 8.75. The molecule has 0 aromatic heterocycles. The molecule has 0 spiro atoms. The SMILES string of the molecule is CCN(CC(C)C#N)C(=O)C1C=CC(N)C1. The molecule has 0 fully saturated rings. The van der Waals surface area contributed by atoms with Gasteiger partial charge in [0.2, 0.25) is 5.91 Å². The van der Waals surface area contributed by atoms with E-state index in [9.17, 15) is 4.79 Å². The van der Waals surface area contributed by atoms with Crippen LogP contribution in [0.1, 0.15) is 20.3 Å². The lowest BCUT2D eigenvalue weighted by Gasteiger charge is -2.24. The van der Waals surface area contributed by atoms with Crippen LogP contribution in [0, 0.1) is 23.2 Å². The normalized spacial score (nSPS) is 25.1. The first-order chi connectivity index (χ1) is 7.58. The van der Waals surface area contributed by atoms with Gasteiger partial charge in [-0.1, -0.05) is 12.2 Å². The van der Waals surface area contributed by atoms with E-state index in [-0.39, 0.29) is 23.8 Å². The third kappa shape index (κ3) is 3.07. The van der Waals surface area contributed by atoms with Gasteiger partial charge in [-0.25, -0.2) is 0 Å². The summed E-state index contributed by atoms with van der Waals surface area (Å²) in [6, 6.07) is 2.15. The first kappa shape index (κ1) is 12.7. The molecule has 2 N–H and O–H groups in total. The van der Waals surface area contributed by atoms with E-state index in [1.807, 2.05) is 26.0 Å². The van der Waals surface area contributed by atoms with E-state index in [4.69, 9.17) is 11.0 Å². The first-order valence-corrected chi connectivity index (χ1v) is 5.70. The van der Waals surface area contributed by atoms with Gasteiger partial charge in [-0.05, 0) is 20.3 Å². The van der Waals surface area contributed by atoms with Crippen LogP contribution < -0.4 is 5.73 Å². The number of nitriles is 1. The van der Waals surface area contributed by atoms with Crippen molar-refractivity contribution in [2.45, 2.75) is 26.3 Å². The highest BCUT2D eigenvalue weighted by molar-refractivity contribution is 5.81. The van der Waals surface area contributed by atoms with Gasteiger partial charge >= 0.3 is 0 Å². The monoisotopic (exact) mass is 221 g/mol. The molecule has 0 aliphatic heterocycles. The summed E-state index contributed by atoms with van der Waals surface area (Å²) < 4.78 is 0. The Morgan fingerprint density at radius 2 is 2.38 bits per heavy atom. The van der Waals surface area contributed by atoms with Crippen LogP contribution in [-0.4, -0.2) is 29.9 Å². The van der Waals surface area contributed by atoms with E-state index in [1.54, 1.807) is 4.90 Å². The van der Waals surface area contributed by atoms with Crippen molar-refractivity contribution in [1.29, 1.82) is 5.26 Å². The Hall–Kier alpha value is -1.34. The fourth-order valence-electron chi connectivity index (χ4n) is 1.89. The molecule has 4 nitrogen and oxygen atoms in total. The summed E-state index contributed by atoms with van der Waals surface area (Å²) in [7, 11) is 0. The standard InChI is InChI=1S/C12H19N3O/c1-3-15(8-9(2)7-13)12(16)10-4-5-11(14)6-10/h4-5,9-11H,3,6,8,14H2,1-2H3. The molecule has 0 aromatic carbocycles. The molecule has 4 heteroatoms. The number of carbonyl (C=O) groups excluding carboxylic acids is 1. The third-order valence-electron chi connectivity index (χ3n) is 2.84. The lowest BCUT2D eigenvalue weighted by atomic mass is 10.1. The molecule has 0 saturated carbocycles. The molecule has 88 valence electrons. The van der Waals surface area contributed by atoms with E-state index in [2.05, 4.69) is 6.07 Å². The van der Waals surface area contributed by atoms with Crippen LogP contribution in [0.25, 0.3) is 0 Å². The third-order valence-corrected chi connectivity index (χ3v) is 2.84. The van der Waals surface area contributed by atoms with Crippen molar-refractivity contribution in [3.8, 4) is 6.07 Å². The van der Waals surface area contributed by atoms with Crippen LogP contribution in [0.2, 0.25) is 0 Å². The zero-order chi connectivity index (χ0) is 12.1. The summed E-state index contributed by atoms with van der Waals surface area (Å²) in [6.07, 6.45) is 4.45. The molecule has 1 amide bonds. The topological polar surface area (TPSA) is 70.1 Å². The average molecular weight is 221 g/mol. The average Bonchev–Trinajstić information content (AvgIpc) is 2.71. The van der Waals surface area contributed by atoms with Crippen molar-refractivity contribution < 1.29 is 4.79 Å². The Morgan fingerprint density at radius 1 is 1.69 bits per heavy atom. The maximum absolute atomic E-state index is 12.1. The Balaban J connectivity index is 2.57. The predicted octanol–water partition coefficient (Wildman–Crippen LogP) is 0.898. The number of amides is 1. The fraction of sp³-hybridized carbons (Fsp3) is 0.667. The summed E-state index contributed by atoms with van der Waals surface area (Å²) >= 11 is 0. The molecular weight excluding hydrogens is 202 g/mol. The highest BCUT2D eigenvalue weighted by Gasteiger charge is 2.26. The van der Waals surface area contributed by atoms with Crippen molar-refractivity contribution in [3.05, 3.63) is 12.2 Å². The largest absolute Gasteiger partial charge is 0.341 e. The Labute approximate surface area is 96.7 Å². The lowest BCUT2D eigenvalue weighted by Crippen LogP contribution is -2.38. The summed E-state index contributed by atoms with van der Waals surface area (Å²) in [5.74, 6) is -0.127. The van der Waals surface area contributed by atoms with Crippen LogP contribution >= 0.6 is 0 Å². The number of carbonyl (C=O) groups is 1. The number of hydrogen-bond acceptors (Lipinski definition) is 3. The minimum Gasteiger partial charge on any atom is -0.341 e. The molecule has 0 heterocycles. The molecule has 0 radical (unpaired) electrons. The smallest absolute Gasteiger partial charge is 0.229 e. The molecular formula is C12H19N3O. The second kappa shape index (κ2) is 5.66. The summed E-state index contributed by atoms with van der Waals surface area (Å²) in [5.41, 5.74) is 5.72. The van der Waals surface area contributed by atoms with Gasteiger partial charge in [0.05, 0.1) is 17.9 Å². The maximum Gasteiger partial charge on any atom is 0.229 e. The van der Waals surface area contributed by atoms with Crippen molar-refractivity contribution in [3.63, 3.8) is 0 Å². The second-order valence-corrected chi connectivity index (χ2v) is 4.30. The van der Waals surface area contributed by atoms with Gasteiger partial charge in [-0.3, -0.25) is 4.79 Å². The number of hydrogen-bond donors (Lipinski definition) is 1. The molecule has 3 atom stereocenters. The Bertz CT molecular complexity index is 319. The molecule has 3 unspecified atom stereocenters. The zero-order valence-electron chi connectivity index (χ0n) is 9.89. The Morgan fingerprint density at radius 3 is 2.81 bits per heavy atom. The van der Waals surface area contributed by atoms with E-state index in [0.29, 0.717) is 19.5 Å². The van der Waals surface area contributed by atoms with Gasteiger partial charge in [-0.2, -0.15) is 5.26 Å². The lowest BCUT2D eigenvalue weighted by molar-refractivity contribution is -0.134. The van der Waals surface area contributed by atoms with E-state index < -0.39 is 0 Å². The van der Waals surface area contributed by atoms with Crippen molar-refractivity contribution in [2.24, 2.45) is 17.6 Å². The fourth-order valence-corrected chi connectivity index (χ4v) is 1.89. The first-order valence-electron chi connectivity index (χ1n) is 5.70. The summed E-state index contributed by atoms with van der Waals surface area (Å²) in [4.78, 5) is 13.8. The van der Waals surface area contributed by atoms with E-state index in [0.717, 1.165) is 0 Å². The molecule has 1 rings (SSSR count). The van der Waals surface area contributed by atoms with Crippen molar-refractivity contribution in [1.82, 2.24) is 4.90 Å².